The van der Waals surface area contributed by atoms with Gasteiger partial charge in [0.15, 0.2) is 0 Å². The molecule has 1 aliphatic rings. The van der Waals surface area contributed by atoms with Crippen LogP contribution in [0, 0.1) is 0 Å². The normalized spacial score (nSPS) is 20.9. The van der Waals surface area contributed by atoms with E-state index in [-0.39, 0.29) is 0 Å². The minimum Gasteiger partial charge on any atom is -0.348 e. The Labute approximate surface area is 113 Å². The number of piperazine rings is 1. The SMILES string of the molecule is CN1CCN(c2cnc3ccccc3n2)C(CN)C1. The first-order chi connectivity index (χ1) is 9.28. The molecular formula is C14H19N5. The summed E-state index contributed by atoms with van der Waals surface area (Å²) in [7, 11) is 2.13. The number of hydrogen-bond donors (Lipinski definition) is 1. The number of likely N-dealkylation sites (N-methyl/N-ethyl adjacent to an activating group) is 1. The summed E-state index contributed by atoms with van der Waals surface area (Å²) in [5.74, 6) is 0.933. The van der Waals surface area contributed by atoms with Crippen LogP contribution >= 0.6 is 0 Å². The van der Waals surface area contributed by atoms with Crippen LogP contribution in [0.4, 0.5) is 5.82 Å². The van der Waals surface area contributed by atoms with Gasteiger partial charge in [0.2, 0.25) is 0 Å². The maximum absolute atomic E-state index is 5.89. The highest BCUT2D eigenvalue weighted by Gasteiger charge is 2.25. The van der Waals surface area contributed by atoms with Gasteiger partial charge in [0, 0.05) is 26.2 Å². The number of fused-ring (bicyclic) bond motifs is 1. The maximum atomic E-state index is 5.89. The van der Waals surface area contributed by atoms with Crippen LogP contribution < -0.4 is 10.6 Å². The topological polar surface area (TPSA) is 58.3 Å². The fraction of sp³-hybridized carbons (Fsp3) is 0.429. The van der Waals surface area contributed by atoms with Gasteiger partial charge in [0.1, 0.15) is 5.82 Å². The second-order valence-corrected chi connectivity index (χ2v) is 5.06. The van der Waals surface area contributed by atoms with Gasteiger partial charge in [0.05, 0.1) is 23.3 Å². The van der Waals surface area contributed by atoms with Gasteiger partial charge in [-0.05, 0) is 19.2 Å². The van der Waals surface area contributed by atoms with Crippen molar-refractivity contribution in [2.75, 3.05) is 38.1 Å². The molecule has 19 heavy (non-hydrogen) atoms. The van der Waals surface area contributed by atoms with Crippen molar-refractivity contribution in [3.63, 3.8) is 0 Å². The molecule has 5 heteroatoms. The van der Waals surface area contributed by atoms with Gasteiger partial charge in [0.25, 0.3) is 0 Å². The molecule has 0 radical (unpaired) electrons. The van der Waals surface area contributed by atoms with E-state index in [0.29, 0.717) is 12.6 Å². The third-order valence-corrected chi connectivity index (χ3v) is 3.69. The first kappa shape index (κ1) is 12.3. The van der Waals surface area contributed by atoms with Crippen LogP contribution in [0.2, 0.25) is 0 Å². The number of nitrogens with two attached hydrogens (primary N) is 1. The highest BCUT2D eigenvalue weighted by Crippen LogP contribution is 2.19. The van der Waals surface area contributed by atoms with Crippen molar-refractivity contribution >= 4 is 16.9 Å². The van der Waals surface area contributed by atoms with Gasteiger partial charge >= 0.3 is 0 Å². The summed E-state index contributed by atoms with van der Waals surface area (Å²) < 4.78 is 0. The number of para-hydroxylation sites is 2. The predicted octanol–water partition coefficient (Wildman–Crippen LogP) is 0.709. The first-order valence-electron chi connectivity index (χ1n) is 6.65. The van der Waals surface area contributed by atoms with Crippen LogP contribution in [-0.2, 0) is 0 Å². The fourth-order valence-electron chi connectivity index (χ4n) is 2.60. The van der Waals surface area contributed by atoms with Gasteiger partial charge < -0.3 is 15.5 Å². The van der Waals surface area contributed by atoms with Crippen molar-refractivity contribution in [1.29, 1.82) is 0 Å². The standard InChI is InChI=1S/C14H19N5/c1-18-6-7-19(11(8-15)10-18)14-9-16-12-4-2-3-5-13(12)17-14/h2-5,9,11H,6-8,10,15H2,1H3. The zero-order valence-corrected chi connectivity index (χ0v) is 11.2. The smallest absolute Gasteiger partial charge is 0.148 e. The molecule has 1 aliphatic heterocycles. The summed E-state index contributed by atoms with van der Waals surface area (Å²) in [4.78, 5) is 13.8. The molecule has 1 unspecified atom stereocenters. The van der Waals surface area contributed by atoms with Crippen LogP contribution in [0.25, 0.3) is 11.0 Å². The van der Waals surface area contributed by atoms with Crippen molar-refractivity contribution in [2.24, 2.45) is 5.73 Å². The van der Waals surface area contributed by atoms with Gasteiger partial charge in [-0.25, -0.2) is 4.98 Å². The first-order valence-corrected chi connectivity index (χ1v) is 6.65. The van der Waals surface area contributed by atoms with E-state index in [2.05, 4.69) is 21.8 Å². The Morgan fingerprint density at radius 1 is 1.26 bits per heavy atom. The van der Waals surface area contributed by atoms with E-state index < -0.39 is 0 Å². The average molecular weight is 257 g/mol. The molecule has 100 valence electrons. The molecule has 2 N–H and O–H groups in total. The number of benzene rings is 1. The lowest BCUT2D eigenvalue weighted by molar-refractivity contribution is 0.269. The van der Waals surface area contributed by atoms with Gasteiger partial charge in [-0.15, -0.1) is 0 Å². The molecule has 5 nitrogen and oxygen atoms in total. The van der Waals surface area contributed by atoms with E-state index in [1.807, 2.05) is 30.5 Å². The van der Waals surface area contributed by atoms with Crippen molar-refractivity contribution in [3.05, 3.63) is 30.5 Å². The summed E-state index contributed by atoms with van der Waals surface area (Å²) in [5, 5.41) is 0. The van der Waals surface area contributed by atoms with E-state index in [9.17, 15) is 0 Å². The van der Waals surface area contributed by atoms with E-state index in [1.54, 1.807) is 0 Å². The van der Waals surface area contributed by atoms with Crippen molar-refractivity contribution in [3.8, 4) is 0 Å². The fourth-order valence-corrected chi connectivity index (χ4v) is 2.60. The highest BCUT2D eigenvalue weighted by molar-refractivity contribution is 5.75. The van der Waals surface area contributed by atoms with Gasteiger partial charge in [-0.1, -0.05) is 12.1 Å². The Morgan fingerprint density at radius 3 is 2.84 bits per heavy atom. The second-order valence-electron chi connectivity index (χ2n) is 5.06. The Morgan fingerprint density at radius 2 is 2.05 bits per heavy atom. The summed E-state index contributed by atoms with van der Waals surface area (Å²) in [6.45, 7) is 3.60. The lowest BCUT2D eigenvalue weighted by Crippen LogP contribution is -2.55. The summed E-state index contributed by atoms with van der Waals surface area (Å²) in [6.07, 6.45) is 1.86. The Balaban J connectivity index is 1.94. The average Bonchev–Trinajstić information content (AvgIpc) is 2.46. The molecule has 0 bridgehead atoms. The lowest BCUT2D eigenvalue weighted by Gasteiger charge is -2.40. The molecule has 0 amide bonds. The molecule has 3 rings (SSSR count). The molecular weight excluding hydrogens is 238 g/mol. The Hall–Kier alpha value is -1.72. The molecule has 1 atom stereocenters. The molecule has 1 aromatic heterocycles. The molecule has 2 aromatic rings. The summed E-state index contributed by atoms with van der Waals surface area (Å²) in [6, 6.07) is 8.27. The number of aromatic nitrogens is 2. The monoisotopic (exact) mass is 257 g/mol. The van der Waals surface area contributed by atoms with Crippen LogP contribution in [0.15, 0.2) is 30.5 Å². The molecule has 1 saturated heterocycles. The lowest BCUT2D eigenvalue weighted by atomic mass is 10.1. The second kappa shape index (κ2) is 5.11. The van der Waals surface area contributed by atoms with Crippen molar-refractivity contribution in [1.82, 2.24) is 14.9 Å². The molecule has 0 aliphatic carbocycles. The largest absolute Gasteiger partial charge is 0.348 e. The zero-order valence-electron chi connectivity index (χ0n) is 11.2. The Kier molecular flexibility index (Phi) is 3.31. The molecule has 1 aromatic carbocycles. The number of rotatable bonds is 2. The van der Waals surface area contributed by atoms with E-state index in [4.69, 9.17) is 10.7 Å². The maximum Gasteiger partial charge on any atom is 0.148 e. The molecule has 2 heterocycles. The molecule has 0 spiro atoms. The minimum absolute atomic E-state index is 0.314. The zero-order chi connectivity index (χ0) is 13.2. The van der Waals surface area contributed by atoms with Crippen LogP contribution in [0.1, 0.15) is 0 Å². The number of hydrogen-bond acceptors (Lipinski definition) is 5. The number of anilines is 1. The van der Waals surface area contributed by atoms with Crippen LogP contribution in [0.5, 0.6) is 0 Å². The van der Waals surface area contributed by atoms with Crippen molar-refractivity contribution < 1.29 is 0 Å². The van der Waals surface area contributed by atoms with E-state index >= 15 is 0 Å². The summed E-state index contributed by atoms with van der Waals surface area (Å²) >= 11 is 0. The van der Waals surface area contributed by atoms with Crippen LogP contribution in [0.3, 0.4) is 0 Å². The van der Waals surface area contributed by atoms with E-state index in [1.165, 1.54) is 0 Å². The molecule has 0 saturated carbocycles. The van der Waals surface area contributed by atoms with Gasteiger partial charge in [-0.2, -0.15) is 0 Å². The third-order valence-electron chi connectivity index (χ3n) is 3.69. The highest BCUT2D eigenvalue weighted by atomic mass is 15.3. The minimum atomic E-state index is 0.314. The van der Waals surface area contributed by atoms with Crippen molar-refractivity contribution in [2.45, 2.75) is 6.04 Å². The quantitative estimate of drug-likeness (QED) is 0.858. The van der Waals surface area contributed by atoms with Crippen LogP contribution in [-0.4, -0.2) is 54.1 Å². The number of nitrogens with zero attached hydrogens (tertiary/aromatic N) is 4. The van der Waals surface area contributed by atoms with E-state index in [0.717, 1.165) is 36.5 Å². The molecule has 1 fully saturated rings. The van der Waals surface area contributed by atoms with Gasteiger partial charge in [-0.3, -0.25) is 4.98 Å². The third kappa shape index (κ3) is 2.39. The summed E-state index contributed by atoms with van der Waals surface area (Å²) in [5.41, 5.74) is 7.76. The Bertz CT molecular complexity index is 571. The predicted molar refractivity (Wildman–Crippen MR) is 77.2 cm³/mol.